The predicted octanol–water partition coefficient (Wildman–Crippen LogP) is 3.65. The molecule has 1 fully saturated rings. The smallest absolute Gasteiger partial charge is 0.0436 e. The van der Waals surface area contributed by atoms with Crippen molar-refractivity contribution in [2.24, 2.45) is 5.41 Å². The Kier molecular flexibility index (Phi) is 7.87. The van der Waals surface area contributed by atoms with Gasteiger partial charge in [0.15, 0.2) is 0 Å². The minimum Gasteiger partial charge on any atom is -0.396 e. The fourth-order valence-electron chi connectivity index (χ4n) is 3.29. The highest BCUT2D eigenvalue weighted by molar-refractivity contribution is 4.79. The molecule has 1 saturated carbocycles. The Balaban J connectivity index is 2.53. The molecule has 0 amide bonds. The monoisotopic (exact) mass is 242 g/mol. The first-order chi connectivity index (χ1) is 8.33. The van der Waals surface area contributed by atoms with Crippen molar-refractivity contribution in [1.29, 1.82) is 0 Å². The van der Waals surface area contributed by atoms with Crippen molar-refractivity contribution in [2.75, 3.05) is 13.2 Å². The maximum Gasteiger partial charge on any atom is 0.0436 e. The number of aliphatic hydroxyl groups excluding tert-OH is 2. The van der Waals surface area contributed by atoms with Gasteiger partial charge in [-0.2, -0.15) is 0 Å². The van der Waals surface area contributed by atoms with Crippen LogP contribution in [0.25, 0.3) is 0 Å². The van der Waals surface area contributed by atoms with E-state index in [1.165, 1.54) is 64.2 Å². The van der Waals surface area contributed by atoms with Crippen LogP contribution in [-0.4, -0.2) is 23.4 Å². The normalized spacial score (nSPS) is 22.9. The standard InChI is InChI=1S/C15H30O2/c16-13-11-15(12-14-17)9-7-5-3-1-2-4-6-8-10-15/h16-17H,1-14H2. The van der Waals surface area contributed by atoms with Crippen LogP contribution < -0.4 is 0 Å². The third kappa shape index (κ3) is 5.87. The van der Waals surface area contributed by atoms with Crippen LogP contribution in [0.3, 0.4) is 0 Å². The lowest BCUT2D eigenvalue weighted by molar-refractivity contribution is 0.108. The van der Waals surface area contributed by atoms with Crippen molar-refractivity contribution >= 4 is 0 Å². The average molecular weight is 242 g/mol. The minimum atomic E-state index is 0.230. The molecule has 1 rings (SSSR count). The third-order valence-corrected chi connectivity index (χ3v) is 4.45. The van der Waals surface area contributed by atoms with E-state index in [4.69, 9.17) is 0 Å². The molecular weight excluding hydrogens is 212 g/mol. The first-order valence-corrected chi connectivity index (χ1v) is 7.55. The fourth-order valence-corrected chi connectivity index (χ4v) is 3.29. The van der Waals surface area contributed by atoms with E-state index in [0.717, 1.165) is 12.8 Å². The van der Waals surface area contributed by atoms with Gasteiger partial charge in [-0.1, -0.05) is 51.4 Å². The van der Waals surface area contributed by atoms with Gasteiger partial charge in [0.1, 0.15) is 0 Å². The van der Waals surface area contributed by atoms with Crippen molar-refractivity contribution in [2.45, 2.75) is 77.0 Å². The molecule has 1 aliphatic rings. The van der Waals surface area contributed by atoms with Crippen molar-refractivity contribution in [3.8, 4) is 0 Å². The molecule has 2 N–H and O–H groups in total. The van der Waals surface area contributed by atoms with Gasteiger partial charge in [0.05, 0.1) is 0 Å². The molecule has 0 unspecified atom stereocenters. The first kappa shape index (κ1) is 15.0. The maximum atomic E-state index is 9.27. The lowest BCUT2D eigenvalue weighted by Gasteiger charge is -2.33. The van der Waals surface area contributed by atoms with Crippen LogP contribution >= 0.6 is 0 Å². The molecule has 0 aromatic heterocycles. The van der Waals surface area contributed by atoms with Gasteiger partial charge in [-0.25, -0.2) is 0 Å². The molecule has 2 heteroatoms. The lowest BCUT2D eigenvalue weighted by atomic mass is 9.73. The summed E-state index contributed by atoms with van der Waals surface area (Å²) in [6.45, 7) is 0.556. The van der Waals surface area contributed by atoms with Crippen molar-refractivity contribution in [3.63, 3.8) is 0 Å². The van der Waals surface area contributed by atoms with E-state index >= 15 is 0 Å². The van der Waals surface area contributed by atoms with Crippen LogP contribution in [-0.2, 0) is 0 Å². The Morgan fingerprint density at radius 3 is 1.29 bits per heavy atom. The van der Waals surface area contributed by atoms with E-state index in [-0.39, 0.29) is 18.6 Å². The lowest BCUT2D eigenvalue weighted by Crippen LogP contribution is -2.24. The van der Waals surface area contributed by atoms with Crippen LogP contribution in [0.5, 0.6) is 0 Å². The van der Waals surface area contributed by atoms with E-state index < -0.39 is 0 Å². The molecular formula is C15H30O2. The Labute approximate surface area is 106 Å². The van der Waals surface area contributed by atoms with E-state index in [1.54, 1.807) is 0 Å². The largest absolute Gasteiger partial charge is 0.396 e. The molecule has 0 atom stereocenters. The van der Waals surface area contributed by atoms with Crippen molar-refractivity contribution in [1.82, 2.24) is 0 Å². The summed E-state index contributed by atoms with van der Waals surface area (Å²) >= 11 is 0. The van der Waals surface area contributed by atoms with Gasteiger partial charge in [0.25, 0.3) is 0 Å². The Hall–Kier alpha value is -0.0800. The van der Waals surface area contributed by atoms with Crippen LogP contribution in [0, 0.1) is 5.41 Å². The first-order valence-electron chi connectivity index (χ1n) is 7.55. The molecule has 0 spiro atoms. The molecule has 0 heterocycles. The van der Waals surface area contributed by atoms with Crippen LogP contribution in [0.1, 0.15) is 77.0 Å². The van der Waals surface area contributed by atoms with Gasteiger partial charge in [-0.15, -0.1) is 0 Å². The molecule has 0 aliphatic heterocycles. The maximum absolute atomic E-state index is 9.27. The molecule has 17 heavy (non-hydrogen) atoms. The quantitative estimate of drug-likeness (QED) is 0.790. The van der Waals surface area contributed by atoms with Crippen molar-refractivity contribution in [3.05, 3.63) is 0 Å². The van der Waals surface area contributed by atoms with Gasteiger partial charge in [0, 0.05) is 13.2 Å². The van der Waals surface area contributed by atoms with E-state index in [0.29, 0.717) is 0 Å². The van der Waals surface area contributed by atoms with Crippen LogP contribution in [0.2, 0.25) is 0 Å². The van der Waals surface area contributed by atoms with Gasteiger partial charge >= 0.3 is 0 Å². The Morgan fingerprint density at radius 1 is 0.588 bits per heavy atom. The second-order valence-electron chi connectivity index (χ2n) is 5.78. The van der Waals surface area contributed by atoms with Gasteiger partial charge in [-0.3, -0.25) is 0 Å². The molecule has 2 nitrogen and oxygen atoms in total. The van der Waals surface area contributed by atoms with E-state index in [9.17, 15) is 10.2 Å². The Morgan fingerprint density at radius 2 is 0.941 bits per heavy atom. The van der Waals surface area contributed by atoms with Crippen LogP contribution in [0.15, 0.2) is 0 Å². The number of aliphatic hydroxyl groups is 2. The number of rotatable bonds is 4. The predicted molar refractivity (Wildman–Crippen MR) is 72.0 cm³/mol. The second kappa shape index (κ2) is 8.93. The topological polar surface area (TPSA) is 40.5 Å². The zero-order chi connectivity index (χ0) is 12.4. The SMILES string of the molecule is OCCC1(CCO)CCCCCCCCCC1. The minimum absolute atomic E-state index is 0.230. The van der Waals surface area contributed by atoms with Crippen LogP contribution in [0.4, 0.5) is 0 Å². The molecule has 0 bridgehead atoms. The fraction of sp³-hybridized carbons (Fsp3) is 1.00. The summed E-state index contributed by atoms with van der Waals surface area (Å²) < 4.78 is 0. The molecule has 102 valence electrons. The molecule has 0 aromatic carbocycles. The molecule has 0 saturated heterocycles. The molecule has 1 aliphatic carbocycles. The third-order valence-electron chi connectivity index (χ3n) is 4.45. The molecule has 0 radical (unpaired) electrons. The summed E-state index contributed by atoms with van der Waals surface area (Å²) in [5, 5.41) is 18.5. The zero-order valence-corrected chi connectivity index (χ0v) is 11.3. The highest BCUT2D eigenvalue weighted by Gasteiger charge is 2.28. The Bertz CT molecular complexity index is 160. The summed E-state index contributed by atoms with van der Waals surface area (Å²) in [5.74, 6) is 0. The van der Waals surface area contributed by atoms with Gasteiger partial charge in [0.2, 0.25) is 0 Å². The van der Waals surface area contributed by atoms with Gasteiger partial charge in [-0.05, 0) is 31.1 Å². The zero-order valence-electron chi connectivity index (χ0n) is 11.3. The van der Waals surface area contributed by atoms with E-state index in [2.05, 4.69) is 0 Å². The average Bonchev–Trinajstić information content (AvgIpc) is 2.36. The second-order valence-corrected chi connectivity index (χ2v) is 5.78. The number of hydrogen-bond donors (Lipinski definition) is 2. The van der Waals surface area contributed by atoms with Crippen molar-refractivity contribution < 1.29 is 10.2 Å². The summed E-state index contributed by atoms with van der Waals surface area (Å²) in [5.41, 5.74) is 0.230. The summed E-state index contributed by atoms with van der Waals surface area (Å²) in [6.07, 6.45) is 14.9. The number of hydrogen-bond acceptors (Lipinski definition) is 2. The van der Waals surface area contributed by atoms with Gasteiger partial charge < -0.3 is 10.2 Å². The summed E-state index contributed by atoms with van der Waals surface area (Å²) in [4.78, 5) is 0. The highest BCUT2D eigenvalue weighted by atomic mass is 16.3. The van der Waals surface area contributed by atoms with E-state index in [1.807, 2.05) is 0 Å². The summed E-state index contributed by atoms with van der Waals surface area (Å²) in [7, 11) is 0. The molecule has 0 aromatic rings. The highest BCUT2D eigenvalue weighted by Crippen LogP contribution is 2.38. The summed E-state index contributed by atoms with van der Waals surface area (Å²) in [6, 6.07) is 0.